The third-order valence-corrected chi connectivity index (χ3v) is 7.52. The molecule has 4 heterocycles. The van der Waals surface area contributed by atoms with Crippen molar-refractivity contribution in [2.24, 2.45) is 0 Å². The molecule has 0 spiro atoms. The summed E-state index contributed by atoms with van der Waals surface area (Å²) in [5.74, 6) is 0.844. The van der Waals surface area contributed by atoms with Crippen molar-refractivity contribution in [2.75, 3.05) is 55.5 Å². The standard InChI is InChI=1S/C25H31N7O3S/c1-16-7-8-22(28-27-16)31-10-9-18(13-31)26-25-30-29-23(36-25)12-21(33)24(35-3)17-5-4-6-19(11-17)32-14-20(15-32)34-2/h4-8,11,18,20,24H,9-10,12-15H2,1-3H3,(H,26,30)/t18-,24+/m1/s1. The van der Waals surface area contributed by atoms with Crippen molar-refractivity contribution in [3.8, 4) is 0 Å². The Morgan fingerprint density at radius 3 is 2.72 bits per heavy atom. The van der Waals surface area contributed by atoms with E-state index in [1.54, 1.807) is 14.2 Å². The topological polar surface area (TPSA) is 106 Å². The van der Waals surface area contributed by atoms with E-state index in [9.17, 15) is 4.79 Å². The lowest BCUT2D eigenvalue weighted by Gasteiger charge is -2.40. The van der Waals surface area contributed by atoms with Crippen molar-refractivity contribution in [2.45, 2.75) is 38.0 Å². The molecule has 2 aliphatic rings. The minimum atomic E-state index is -0.649. The van der Waals surface area contributed by atoms with Gasteiger partial charge in [-0.2, -0.15) is 5.10 Å². The van der Waals surface area contributed by atoms with Gasteiger partial charge in [-0.05, 0) is 43.2 Å². The molecular formula is C25H31N7O3S. The molecule has 0 radical (unpaired) electrons. The van der Waals surface area contributed by atoms with E-state index >= 15 is 0 Å². The van der Waals surface area contributed by atoms with E-state index < -0.39 is 6.10 Å². The number of hydrogen-bond donors (Lipinski definition) is 1. The van der Waals surface area contributed by atoms with E-state index in [0.29, 0.717) is 5.01 Å². The van der Waals surface area contributed by atoms with Gasteiger partial charge in [0.2, 0.25) is 5.13 Å². The Bertz CT molecular complexity index is 1180. The van der Waals surface area contributed by atoms with E-state index in [0.717, 1.165) is 60.5 Å². The van der Waals surface area contributed by atoms with Crippen LogP contribution in [0.25, 0.3) is 0 Å². The number of ether oxygens (including phenoxy) is 2. The molecule has 1 N–H and O–H groups in total. The Morgan fingerprint density at radius 1 is 1.11 bits per heavy atom. The first-order chi connectivity index (χ1) is 17.5. The van der Waals surface area contributed by atoms with Crippen LogP contribution in [0, 0.1) is 6.92 Å². The second-order valence-corrected chi connectivity index (χ2v) is 10.3. The van der Waals surface area contributed by atoms with E-state index in [1.165, 1.54) is 11.3 Å². The Balaban J connectivity index is 1.17. The van der Waals surface area contributed by atoms with Crippen LogP contribution in [0.3, 0.4) is 0 Å². The summed E-state index contributed by atoms with van der Waals surface area (Å²) in [7, 11) is 3.30. The smallest absolute Gasteiger partial charge is 0.205 e. The Labute approximate surface area is 214 Å². The van der Waals surface area contributed by atoms with Crippen LogP contribution >= 0.6 is 11.3 Å². The van der Waals surface area contributed by atoms with Crippen LogP contribution in [-0.2, 0) is 20.7 Å². The fourth-order valence-electron chi connectivity index (χ4n) is 4.58. The number of aromatic nitrogens is 4. The van der Waals surface area contributed by atoms with Crippen LogP contribution in [-0.4, -0.2) is 78.7 Å². The van der Waals surface area contributed by atoms with Gasteiger partial charge in [0.05, 0.1) is 18.2 Å². The number of aryl methyl sites for hydroxylation is 1. The average molecular weight is 510 g/mol. The van der Waals surface area contributed by atoms with Gasteiger partial charge in [0.1, 0.15) is 11.1 Å². The summed E-state index contributed by atoms with van der Waals surface area (Å²) in [4.78, 5) is 17.6. The number of ketones is 1. The molecule has 11 heteroatoms. The summed E-state index contributed by atoms with van der Waals surface area (Å²) in [6, 6.07) is 12.2. The first-order valence-electron chi connectivity index (χ1n) is 12.1. The maximum atomic E-state index is 13.1. The first-order valence-corrected chi connectivity index (χ1v) is 12.9. The summed E-state index contributed by atoms with van der Waals surface area (Å²) in [6.45, 7) is 5.35. The van der Waals surface area contributed by atoms with Crippen LogP contribution < -0.4 is 15.1 Å². The van der Waals surface area contributed by atoms with Gasteiger partial charge in [-0.1, -0.05) is 23.5 Å². The lowest BCUT2D eigenvalue weighted by molar-refractivity contribution is -0.128. The molecule has 0 bridgehead atoms. The summed E-state index contributed by atoms with van der Waals surface area (Å²) in [5, 5.41) is 21.8. The number of nitrogens with zero attached hydrogens (tertiary/aromatic N) is 6. The highest BCUT2D eigenvalue weighted by atomic mass is 32.1. The normalized spacial score (nSPS) is 18.8. The summed E-state index contributed by atoms with van der Waals surface area (Å²) >= 11 is 1.42. The summed E-state index contributed by atoms with van der Waals surface area (Å²) in [6.07, 6.45) is 0.752. The van der Waals surface area contributed by atoms with Crippen molar-refractivity contribution in [3.05, 3.63) is 52.7 Å². The van der Waals surface area contributed by atoms with E-state index in [-0.39, 0.29) is 24.3 Å². The Morgan fingerprint density at radius 2 is 1.97 bits per heavy atom. The molecule has 190 valence electrons. The zero-order valence-electron chi connectivity index (χ0n) is 20.8. The van der Waals surface area contributed by atoms with Crippen molar-refractivity contribution < 1.29 is 14.3 Å². The fourth-order valence-corrected chi connectivity index (χ4v) is 5.41. The number of anilines is 3. The number of carbonyl (C=O) groups excluding carboxylic acids is 1. The van der Waals surface area contributed by atoms with Gasteiger partial charge in [0, 0.05) is 52.1 Å². The van der Waals surface area contributed by atoms with Gasteiger partial charge in [-0.3, -0.25) is 4.79 Å². The average Bonchev–Trinajstić information content (AvgIpc) is 3.49. The number of carbonyl (C=O) groups is 1. The van der Waals surface area contributed by atoms with Gasteiger partial charge in [0.15, 0.2) is 11.6 Å². The molecule has 2 saturated heterocycles. The quantitative estimate of drug-likeness (QED) is 0.438. The zero-order valence-corrected chi connectivity index (χ0v) is 21.6. The highest BCUT2D eigenvalue weighted by molar-refractivity contribution is 7.15. The first kappa shape index (κ1) is 24.5. The monoisotopic (exact) mass is 509 g/mol. The van der Waals surface area contributed by atoms with Crippen LogP contribution in [0.4, 0.5) is 16.6 Å². The number of nitrogens with one attached hydrogen (secondary N) is 1. The van der Waals surface area contributed by atoms with E-state index in [4.69, 9.17) is 9.47 Å². The van der Waals surface area contributed by atoms with E-state index in [2.05, 4.69) is 35.5 Å². The Hall–Kier alpha value is -3.15. The second kappa shape index (κ2) is 10.9. The maximum absolute atomic E-state index is 13.1. The number of methoxy groups -OCH3 is 2. The molecule has 5 rings (SSSR count). The van der Waals surface area contributed by atoms with Gasteiger partial charge in [-0.15, -0.1) is 15.3 Å². The SMILES string of the molecule is COC1CN(c2cccc([C@H](OC)C(=O)Cc3nnc(N[C@@H]4CCN(c5ccc(C)nn5)C4)s3)c2)C1. The lowest BCUT2D eigenvalue weighted by Crippen LogP contribution is -2.51. The zero-order chi connectivity index (χ0) is 25.1. The molecular weight excluding hydrogens is 478 g/mol. The Kier molecular flexibility index (Phi) is 7.40. The number of benzene rings is 1. The molecule has 2 fully saturated rings. The molecule has 3 aromatic rings. The number of Topliss-reactive ketones (excluding diaryl/α,β-unsaturated/α-hetero) is 1. The summed E-state index contributed by atoms with van der Waals surface area (Å²) in [5.41, 5.74) is 2.82. The van der Waals surface area contributed by atoms with Crippen molar-refractivity contribution >= 4 is 33.8 Å². The third-order valence-electron chi connectivity index (χ3n) is 6.66. The van der Waals surface area contributed by atoms with Crippen molar-refractivity contribution in [3.63, 3.8) is 0 Å². The molecule has 0 amide bonds. The molecule has 10 nitrogen and oxygen atoms in total. The molecule has 2 atom stereocenters. The van der Waals surface area contributed by atoms with Crippen molar-refractivity contribution in [1.82, 2.24) is 20.4 Å². The summed E-state index contributed by atoms with van der Waals surface area (Å²) < 4.78 is 11.0. The van der Waals surface area contributed by atoms with Crippen molar-refractivity contribution in [1.29, 1.82) is 0 Å². The molecule has 2 aromatic heterocycles. The molecule has 0 saturated carbocycles. The van der Waals surface area contributed by atoms with Crippen LogP contribution in [0.2, 0.25) is 0 Å². The molecule has 2 aliphatic heterocycles. The predicted octanol–water partition coefficient (Wildman–Crippen LogP) is 2.66. The fraction of sp³-hybridized carbons (Fsp3) is 0.480. The van der Waals surface area contributed by atoms with Crippen LogP contribution in [0.1, 0.15) is 28.8 Å². The molecule has 0 aliphatic carbocycles. The van der Waals surface area contributed by atoms with Gasteiger partial charge < -0.3 is 24.6 Å². The van der Waals surface area contributed by atoms with Gasteiger partial charge in [-0.25, -0.2) is 0 Å². The third kappa shape index (κ3) is 5.48. The van der Waals surface area contributed by atoms with E-state index in [1.807, 2.05) is 43.3 Å². The predicted molar refractivity (Wildman–Crippen MR) is 139 cm³/mol. The lowest BCUT2D eigenvalue weighted by atomic mass is 10.0. The largest absolute Gasteiger partial charge is 0.378 e. The second-order valence-electron chi connectivity index (χ2n) is 9.23. The van der Waals surface area contributed by atoms with Crippen LogP contribution in [0.15, 0.2) is 36.4 Å². The molecule has 0 unspecified atom stereocenters. The maximum Gasteiger partial charge on any atom is 0.205 e. The number of hydrogen-bond acceptors (Lipinski definition) is 11. The highest BCUT2D eigenvalue weighted by Gasteiger charge is 2.29. The number of rotatable bonds is 10. The molecule has 36 heavy (non-hydrogen) atoms. The minimum absolute atomic E-state index is 0.0410. The van der Waals surface area contributed by atoms with Crippen LogP contribution in [0.5, 0.6) is 0 Å². The van der Waals surface area contributed by atoms with Gasteiger partial charge >= 0.3 is 0 Å². The highest BCUT2D eigenvalue weighted by Crippen LogP contribution is 2.29. The molecule has 1 aromatic carbocycles. The van der Waals surface area contributed by atoms with Gasteiger partial charge in [0.25, 0.3) is 0 Å². The minimum Gasteiger partial charge on any atom is -0.378 e.